The van der Waals surface area contributed by atoms with Crippen LogP contribution in [0, 0.1) is 5.92 Å². The quantitative estimate of drug-likeness (QED) is 0.0827. The van der Waals surface area contributed by atoms with Crippen molar-refractivity contribution in [3.05, 3.63) is 119 Å². The molecular formula is C40H59FN2O8. The van der Waals surface area contributed by atoms with E-state index in [1.165, 1.54) is 12.1 Å². The van der Waals surface area contributed by atoms with Crippen molar-refractivity contribution in [1.29, 1.82) is 0 Å². The van der Waals surface area contributed by atoms with Crippen LogP contribution in [0.4, 0.5) is 4.39 Å². The average Bonchev–Trinajstić information content (AvgIpc) is 3.12. The summed E-state index contributed by atoms with van der Waals surface area (Å²) in [6.45, 7) is 9.49. The molecule has 0 amide bonds. The van der Waals surface area contributed by atoms with Gasteiger partial charge >= 0.3 is 0 Å². The van der Waals surface area contributed by atoms with Gasteiger partial charge in [-0.2, -0.15) is 0 Å². The van der Waals surface area contributed by atoms with Crippen LogP contribution >= 0.6 is 0 Å². The van der Waals surface area contributed by atoms with Gasteiger partial charge in [0, 0.05) is 12.1 Å². The van der Waals surface area contributed by atoms with Crippen LogP contribution in [0.25, 0.3) is 0 Å². The van der Waals surface area contributed by atoms with E-state index in [-0.39, 0.29) is 41.0 Å². The van der Waals surface area contributed by atoms with Crippen LogP contribution in [0.2, 0.25) is 0 Å². The number of hydrogen-bond donors (Lipinski definition) is 10. The zero-order valence-corrected chi connectivity index (χ0v) is 30.5. The van der Waals surface area contributed by atoms with Crippen LogP contribution in [0.1, 0.15) is 101 Å². The predicted octanol–water partition coefficient (Wildman–Crippen LogP) is 6.83. The monoisotopic (exact) mass is 713 g/mol. The summed E-state index contributed by atoms with van der Waals surface area (Å²) in [6, 6.07) is 25.8. The summed E-state index contributed by atoms with van der Waals surface area (Å²) >= 11 is 0. The lowest BCUT2D eigenvalue weighted by Crippen LogP contribution is -2.24. The number of phenols is 4. The highest BCUT2D eigenvalue weighted by Gasteiger charge is 2.15. The zero-order valence-electron chi connectivity index (χ0n) is 30.5. The summed E-state index contributed by atoms with van der Waals surface area (Å²) in [4.78, 5) is 0. The molecule has 0 saturated carbocycles. The lowest BCUT2D eigenvalue weighted by atomic mass is 9.95. The Balaban J connectivity index is 0.000000643. The normalized spacial score (nSPS) is 14.4. The van der Waals surface area contributed by atoms with E-state index < -0.39 is 24.4 Å². The molecule has 12 N–H and O–H groups in total. The summed E-state index contributed by atoms with van der Waals surface area (Å²) in [5, 5.41) is 74.8. The standard InChI is InChI=1S/C11H16O2.C10H14O2.2C9H13NO2.CH3F/c1-3-8(2)11(13)9-5-4-6-10(12)7-9;1-2-4-10(12)8-5-3-6-9(11)7-8;2*1-6(10)9(12)7-3-2-4-8(11)5-7;1-2/h4-8,11-13H,3H2,1-2H3;3,5-7,10-12H,2,4H2,1H3;2*2-6,9,11-12H,10H2,1H3;1H3/t8-,11+;10-;6-,9-;;/m100../s1/i;;;;2-1. The fourth-order valence-electron chi connectivity index (χ4n) is 4.46. The highest BCUT2D eigenvalue weighted by Crippen LogP contribution is 2.26. The molecule has 2 unspecified atom stereocenters. The molecule has 11 heteroatoms. The van der Waals surface area contributed by atoms with Gasteiger partial charge in [-0.25, -0.2) is 0 Å². The molecule has 0 spiro atoms. The van der Waals surface area contributed by atoms with E-state index in [0.29, 0.717) is 18.3 Å². The van der Waals surface area contributed by atoms with E-state index in [4.69, 9.17) is 26.8 Å². The first kappa shape index (κ1) is 46.8. The van der Waals surface area contributed by atoms with Gasteiger partial charge in [-0.05, 0) is 97.0 Å². The van der Waals surface area contributed by atoms with E-state index in [9.17, 15) is 29.9 Å². The molecule has 0 fully saturated rings. The molecule has 7 atom stereocenters. The third-order valence-electron chi connectivity index (χ3n) is 7.63. The van der Waals surface area contributed by atoms with Crippen LogP contribution in [0.15, 0.2) is 97.1 Å². The smallest absolute Gasteiger partial charge is 0.115 e. The highest BCUT2D eigenvalue weighted by atomic mass is 18.2. The largest absolute Gasteiger partial charge is 0.508 e. The minimum Gasteiger partial charge on any atom is -0.508 e. The molecule has 0 aliphatic carbocycles. The molecule has 4 aromatic rings. The number of halogens is 1. The lowest BCUT2D eigenvalue weighted by Gasteiger charge is -2.17. The summed E-state index contributed by atoms with van der Waals surface area (Å²) in [6.07, 6.45) is 0.269. The van der Waals surface area contributed by atoms with E-state index in [2.05, 4.69) is 0 Å². The van der Waals surface area contributed by atoms with Gasteiger partial charge < -0.3 is 52.3 Å². The molecule has 0 bridgehead atoms. The molecule has 0 radical (unpaired) electrons. The Morgan fingerprint density at radius 3 is 1.08 bits per heavy atom. The number of nitrogens with two attached hydrogens (primary N) is 2. The van der Waals surface area contributed by atoms with Crippen LogP contribution in [0.3, 0.4) is 0 Å². The number of aliphatic hydroxyl groups excluding tert-OH is 4. The second-order valence-electron chi connectivity index (χ2n) is 12.1. The maximum atomic E-state index is 9.80. The number of aromatic hydroxyl groups is 4. The van der Waals surface area contributed by atoms with Gasteiger partial charge in [0.15, 0.2) is 0 Å². The number of hydrogen-bond acceptors (Lipinski definition) is 10. The van der Waals surface area contributed by atoms with Gasteiger partial charge in [0.2, 0.25) is 0 Å². The van der Waals surface area contributed by atoms with Crippen LogP contribution in [-0.4, -0.2) is 60.1 Å². The van der Waals surface area contributed by atoms with Crippen molar-refractivity contribution in [3.8, 4) is 23.0 Å². The second kappa shape index (κ2) is 25.7. The zero-order chi connectivity index (χ0) is 39.1. The fraction of sp³-hybridized carbons (Fsp3) is 0.400. The number of rotatable bonds is 10. The lowest BCUT2D eigenvalue weighted by molar-refractivity contribution is 0.115. The molecular weight excluding hydrogens is 654 g/mol. The van der Waals surface area contributed by atoms with Crippen LogP contribution < -0.4 is 11.5 Å². The van der Waals surface area contributed by atoms with Gasteiger partial charge in [0.05, 0.1) is 31.6 Å². The Bertz CT molecular complexity index is 1430. The Kier molecular flexibility index (Phi) is 23.5. The minimum atomic E-state index is -0.711. The summed E-state index contributed by atoms with van der Waals surface area (Å²) in [7, 11) is 0.500. The maximum Gasteiger partial charge on any atom is 0.115 e. The molecule has 10 nitrogen and oxygen atoms in total. The molecule has 0 heterocycles. The van der Waals surface area contributed by atoms with Gasteiger partial charge in [0.25, 0.3) is 0 Å². The first-order chi connectivity index (χ1) is 24.1. The first-order valence-electron chi connectivity index (χ1n) is 16.9. The van der Waals surface area contributed by atoms with Crippen molar-refractivity contribution in [2.24, 2.45) is 17.4 Å². The Morgan fingerprint density at radius 2 is 0.804 bits per heavy atom. The number of phenolic OH excluding ortho intramolecular Hbond substituents is 4. The van der Waals surface area contributed by atoms with Crippen molar-refractivity contribution in [2.75, 3.05) is 7.18 Å². The minimum absolute atomic E-state index is 0.146. The van der Waals surface area contributed by atoms with Crippen molar-refractivity contribution in [2.45, 2.75) is 90.4 Å². The average molecular weight is 714 g/mol. The Hall–Kier alpha value is -4.23. The molecule has 4 aromatic carbocycles. The van der Waals surface area contributed by atoms with Crippen LogP contribution in [-0.2, 0) is 0 Å². The number of aliphatic hydroxyl groups is 4. The molecule has 0 aliphatic rings. The molecule has 0 aliphatic heterocycles. The Morgan fingerprint density at radius 1 is 0.510 bits per heavy atom. The molecule has 4 rings (SSSR count). The molecule has 0 saturated heterocycles. The van der Waals surface area contributed by atoms with Crippen molar-refractivity contribution >= 4 is 0 Å². The molecule has 284 valence electrons. The van der Waals surface area contributed by atoms with Crippen LogP contribution in [0.5, 0.6) is 23.0 Å². The van der Waals surface area contributed by atoms with E-state index in [1.807, 2.05) is 32.9 Å². The molecule has 51 heavy (non-hydrogen) atoms. The Labute approximate surface area is 302 Å². The predicted molar refractivity (Wildman–Crippen MR) is 201 cm³/mol. The summed E-state index contributed by atoms with van der Waals surface area (Å²) < 4.78 is 9.50. The van der Waals surface area contributed by atoms with Gasteiger partial charge in [-0.3, -0.25) is 4.39 Å². The second-order valence-corrected chi connectivity index (χ2v) is 12.1. The van der Waals surface area contributed by atoms with E-state index >= 15 is 0 Å². The van der Waals surface area contributed by atoms with Gasteiger partial charge in [-0.1, -0.05) is 82.1 Å². The summed E-state index contributed by atoms with van der Waals surface area (Å²) in [5.41, 5.74) is 13.8. The SMILES string of the molecule is CC(N)C(O)c1cccc(O)c1.CCC[C@H](O)c1cccc(O)c1.CC[C@@H](C)[C@H](O)c1cccc(O)c1.C[18F].C[C@H](N)[C@H](O)c1cccc(O)c1. The molecule has 0 aromatic heterocycles. The third-order valence-corrected chi connectivity index (χ3v) is 7.63. The van der Waals surface area contributed by atoms with Gasteiger partial charge in [0.1, 0.15) is 23.0 Å². The topological polar surface area (TPSA) is 214 Å². The van der Waals surface area contributed by atoms with Gasteiger partial charge in [-0.15, -0.1) is 0 Å². The van der Waals surface area contributed by atoms with E-state index in [1.54, 1.807) is 86.6 Å². The highest BCUT2D eigenvalue weighted by molar-refractivity contribution is 5.31. The fourth-order valence-corrected chi connectivity index (χ4v) is 4.46. The first-order valence-corrected chi connectivity index (χ1v) is 16.9. The maximum absolute atomic E-state index is 9.80. The van der Waals surface area contributed by atoms with E-state index in [0.717, 1.165) is 30.4 Å². The summed E-state index contributed by atoms with van der Waals surface area (Å²) in [5.74, 6) is 0.934. The van der Waals surface area contributed by atoms with Crippen molar-refractivity contribution in [1.82, 2.24) is 0 Å². The van der Waals surface area contributed by atoms with Crippen molar-refractivity contribution in [3.63, 3.8) is 0 Å². The number of alkyl halides is 1. The number of benzene rings is 4. The third kappa shape index (κ3) is 18.5. The van der Waals surface area contributed by atoms with Crippen molar-refractivity contribution < 1.29 is 45.2 Å².